The summed E-state index contributed by atoms with van der Waals surface area (Å²) in [6.45, 7) is 17.7. The summed E-state index contributed by atoms with van der Waals surface area (Å²) in [6.07, 6.45) is 4.92. The second kappa shape index (κ2) is 14.7. The summed E-state index contributed by atoms with van der Waals surface area (Å²) < 4.78 is 47.2. The summed E-state index contributed by atoms with van der Waals surface area (Å²) in [4.78, 5) is 0. The fraction of sp³-hybridized carbons (Fsp3) is 0.692. The van der Waals surface area contributed by atoms with Gasteiger partial charge in [-0.1, -0.05) is 81.4 Å². The van der Waals surface area contributed by atoms with Crippen LogP contribution >= 0.6 is 0 Å². The molecule has 260 valence electrons. The van der Waals surface area contributed by atoms with Crippen molar-refractivity contribution in [3.05, 3.63) is 71.8 Å². The van der Waals surface area contributed by atoms with Crippen LogP contribution in [0.15, 0.2) is 60.7 Å². The van der Waals surface area contributed by atoms with Gasteiger partial charge in [0.2, 0.25) is 0 Å². The summed E-state index contributed by atoms with van der Waals surface area (Å²) in [6, 6.07) is 20.7. The summed E-state index contributed by atoms with van der Waals surface area (Å²) in [5.74, 6) is 0. The Bertz CT molecular complexity index is 1270. The molecule has 0 spiro atoms. The first-order chi connectivity index (χ1) is 22.4. The molecule has 0 bridgehead atoms. The average molecular weight is 667 g/mol. The lowest BCUT2D eigenvalue weighted by atomic mass is 9.84. The molecule has 47 heavy (non-hydrogen) atoms. The van der Waals surface area contributed by atoms with E-state index in [1.807, 2.05) is 24.3 Å². The van der Waals surface area contributed by atoms with E-state index < -0.39 is 13.9 Å². The van der Waals surface area contributed by atoms with E-state index in [1.54, 1.807) is 0 Å². The van der Waals surface area contributed by atoms with Gasteiger partial charge in [0.15, 0.2) is 8.32 Å². The lowest BCUT2D eigenvalue weighted by Gasteiger charge is -2.51. The van der Waals surface area contributed by atoms with Gasteiger partial charge in [-0.25, -0.2) is 0 Å². The molecule has 4 saturated heterocycles. The third-order valence-corrected chi connectivity index (χ3v) is 15.9. The van der Waals surface area contributed by atoms with Gasteiger partial charge in [-0.15, -0.1) is 0 Å². The summed E-state index contributed by atoms with van der Waals surface area (Å²) in [7, 11) is -1.93. The number of rotatable bonds is 10. The van der Waals surface area contributed by atoms with Crippen molar-refractivity contribution in [2.45, 2.75) is 165 Å². The second-order valence-corrected chi connectivity index (χ2v) is 20.8. The standard InChI is InChI=1S/C39H58O7Si/c1-27-32(46-47(6,7)38(2,3)4)22-34-33(42-27)23-35-30(43-34)18-19-37-39(5,45-35)24-36(41-26-29-16-12-9-13-17-29)31(44-37)20-21-40-25-28-14-10-8-11-15-28/h8-17,27,30-37H,18-26H2,1-7H3/t27-,30+,31+,32+,33+,34-,35-,36-,37-,39+/m1/s1. The number of hydrogen-bond acceptors (Lipinski definition) is 7. The van der Waals surface area contributed by atoms with Crippen molar-refractivity contribution in [1.82, 2.24) is 0 Å². The van der Waals surface area contributed by atoms with Gasteiger partial charge in [0.05, 0.1) is 73.8 Å². The number of fused-ring (bicyclic) bond motifs is 3. The molecular weight excluding hydrogens is 609 g/mol. The van der Waals surface area contributed by atoms with Crippen LogP contribution in [0.1, 0.15) is 84.3 Å². The van der Waals surface area contributed by atoms with Gasteiger partial charge < -0.3 is 32.8 Å². The lowest BCUT2D eigenvalue weighted by Crippen LogP contribution is -2.60. The Morgan fingerprint density at radius 1 is 0.787 bits per heavy atom. The highest BCUT2D eigenvalue weighted by Crippen LogP contribution is 2.46. The van der Waals surface area contributed by atoms with Crippen LogP contribution < -0.4 is 0 Å². The van der Waals surface area contributed by atoms with Crippen molar-refractivity contribution >= 4 is 8.32 Å². The normalized spacial score (nSPS) is 36.1. The smallest absolute Gasteiger partial charge is 0.192 e. The number of benzene rings is 2. The van der Waals surface area contributed by atoms with E-state index >= 15 is 0 Å². The van der Waals surface area contributed by atoms with Crippen molar-refractivity contribution in [3.63, 3.8) is 0 Å². The maximum Gasteiger partial charge on any atom is 0.192 e. The highest BCUT2D eigenvalue weighted by atomic mass is 28.4. The highest BCUT2D eigenvalue weighted by Gasteiger charge is 2.54. The molecule has 4 heterocycles. The minimum atomic E-state index is -1.93. The van der Waals surface area contributed by atoms with Crippen LogP contribution in [0.2, 0.25) is 18.1 Å². The second-order valence-electron chi connectivity index (χ2n) is 16.1. The van der Waals surface area contributed by atoms with Gasteiger partial charge in [0.25, 0.3) is 0 Å². The molecule has 0 amide bonds. The van der Waals surface area contributed by atoms with Crippen molar-refractivity contribution < 1.29 is 32.8 Å². The SMILES string of the molecule is C[C@H]1O[C@H]2C[C@H]3O[C@@]4(C)C[C@@H](OCc5ccccc5)[C@H](CCOCc5ccccc5)O[C@@H]4CC[C@@H]3O[C@@H]2C[C@@H]1O[Si](C)(C)C(C)(C)C. The summed E-state index contributed by atoms with van der Waals surface area (Å²) in [5, 5.41) is 0.150. The average Bonchev–Trinajstić information content (AvgIpc) is 3.16. The van der Waals surface area contributed by atoms with E-state index in [4.69, 9.17) is 32.8 Å². The minimum absolute atomic E-state index is 0.00909. The van der Waals surface area contributed by atoms with Crippen LogP contribution in [0.3, 0.4) is 0 Å². The molecule has 2 aromatic rings. The minimum Gasteiger partial charge on any atom is -0.411 e. The van der Waals surface area contributed by atoms with Crippen LogP contribution in [-0.2, 0) is 46.1 Å². The fourth-order valence-electron chi connectivity index (χ4n) is 7.57. The van der Waals surface area contributed by atoms with Crippen LogP contribution in [0.25, 0.3) is 0 Å². The molecule has 0 saturated carbocycles. The Balaban J connectivity index is 1.11. The van der Waals surface area contributed by atoms with E-state index in [1.165, 1.54) is 5.56 Å². The van der Waals surface area contributed by atoms with Gasteiger partial charge in [-0.3, -0.25) is 0 Å². The zero-order chi connectivity index (χ0) is 33.2. The molecule has 0 aliphatic carbocycles. The van der Waals surface area contributed by atoms with Gasteiger partial charge in [0, 0.05) is 25.9 Å². The molecule has 0 N–H and O–H groups in total. The van der Waals surface area contributed by atoms with Crippen LogP contribution in [0.4, 0.5) is 0 Å². The van der Waals surface area contributed by atoms with Gasteiger partial charge in [-0.2, -0.15) is 0 Å². The van der Waals surface area contributed by atoms with Crippen molar-refractivity contribution in [2.24, 2.45) is 0 Å². The third kappa shape index (κ3) is 8.40. The number of hydrogen-bond donors (Lipinski definition) is 0. The van der Waals surface area contributed by atoms with Crippen molar-refractivity contribution in [3.8, 4) is 0 Å². The maximum atomic E-state index is 7.09. The van der Waals surface area contributed by atoms with E-state index in [0.29, 0.717) is 19.8 Å². The summed E-state index contributed by atoms with van der Waals surface area (Å²) in [5.41, 5.74) is 1.86. The van der Waals surface area contributed by atoms with Gasteiger partial charge >= 0.3 is 0 Å². The van der Waals surface area contributed by atoms with Gasteiger partial charge in [0.1, 0.15) is 0 Å². The molecule has 6 rings (SSSR count). The Morgan fingerprint density at radius 3 is 2.13 bits per heavy atom. The molecule has 8 heteroatoms. The van der Waals surface area contributed by atoms with E-state index in [2.05, 4.69) is 84.1 Å². The Labute approximate surface area is 284 Å². The van der Waals surface area contributed by atoms with Crippen molar-refractivity contribution in [1.29, 1.82) is 0 Å². The van der Waals surface area contributed by atoms with E-state index in [9.17, 15) is 0 Å². The number of ether oxygens (including phenoxy) is 6. The Kier molecular flexibility index (Phi) is 11.0. The molecule has 10 atom stereocenters. The molecule has 0 aromatic heterocycles. The van der Waals surface area contributed by atoms with Crippen LogP contribution in [0.5, 0.6) is 0 Å². The van der Waals surface area contributed by atoms with Crippen LogP contribution in [0, 0.1) is 0 Å². The zero-order valence-corrected chi connectivity index (χ0v) is 30.7. The predicted molar refractivity (Wildman–Crippen MR) is 186 cm³/mol. The highest BCUT2D eigenvalue weighted by molar-refractivity contribution is 6.74. The molecular formula is C39H58O7Si. The Morgan fingerprint density at radius 2 is 1.45 bits per heavy atom. The monoisotopic (exact) mass is 666 g/mol. The predicted octanol–water partition coefficient (Wildman–Crippen LogP) is 8.00. The molecule has 7 nitrogen and oxygen atoms in total. The lowest BCUT2D eigenvalue weighted by molar-refractivity contribution is -0.282. The Hall–Kier alpha value is -1.62. The zero-order valence-electron chi connectivity index (χ0n) is 29.7. The van der Waals surface area contributed by atoms with Crippen LogP contribution in [-0.4, -0.2) is 75.5 Å². The largest absolute Gasteiger partial charge is 0.411 e. The van der Waals surface area contributed by atoms with Crippen molar-refractivity contribution in [2.75, 3.05) is 6.61 Å². The van der Waals surface area contributed by atoms with Gasteiger partial charge in [-0.05, 0) is 62.4 Å². The first-order valence-corrected chi connectivity index (χ1v) is 20.9. The molecule has 0 unspecified atom stereocenters. The molecule has 4 aliphatic rings. The van der Waals surface area contributed by atoms with E-state index in [0.717, 1.165) is 44.1 Å². The topological polar surface area (TPSA) is 64.6 Å². The molecule has 4 aliphatic heterocycles. The molecule has 0 radical (unpaired) electrons. The third-order valence-electron chi connectivity index (χ3n) is 11.4. The molecule has 2 aromatic carbocycles. The first-order valence-electron chi connectivity index (χ1n) is 18.0. The summed E-state index contributed by atoms with van der Waals surface area (Å²) >= 11 is 0. The quantitative estimate of drug-likeness (QED) is 0.188. The van der Waals surface area contributed by atoms with E-state index in [-0.39, 0.29) is 60.0 Å². The fourth-order valence-corrected chi connectivity index (χ4v) is 8.97. The first kappa shape index (κ1) is 35.2. The maximum absolute atomic E-state index is 7.09. The molecule has 4 fully saturated rings.